The Bertz CT molecular complexity index is 3410. The van der Waals surface area contributed by atoms with Crippen LogP contribution in [0.2, 0.25) is 0 Å². The van der Waals surface area contributed by atoms with Crippen LogP contribution in [0.5, 0.6) is 0 Å². The topological polar surface area (TPSA) is 0 Å². The van der Waals surface area contributed by atoms with Crippen LogP contribution in [0.4, 0.5) is 0 Å². The summed E-state index contributed by atoms with van der Waals surface area (Å²) in [6.07, 6.45) is 0. The first-order valence-electron chi connectivity index (χ1n) is 19.5. The van der Waals surface area contributed by atoms with Gasteiger partial charge in [-0.25, -0.2) is 0 Å². The maximum Gasteiger partial charge on any atom is 0.0714 e. The molecular weight excluding hydrogens is 693 g/mol. The standard InChI is InChI=1S/C55H32S/c1-3-15-39(16-4-1)55(40-17-5-2-6-18-40)45-23-12-24-47-53(45)54-46(55)31-38(32-48(54)56-47)52-43-21-9-7-19-41(43)51(42-20-8-10-22-44(42)52)37-29-35-27-25-33-13-11-14-34-26-28-36(30-37)50(35)49(33)34/h1-32H. The van der Waals surface area contributed by atoms with E-state index >= 15 is 0 Å². The highest BCUT2D eigenvalue weighted by Crippen LogP contribution is 2.59. The van der Waals surface area contributed by atoms with Crippen molar-refractivity contribution < 1.29 is 0 Å². The zero-order chi connectivity index (χ0) is 36.5. The van der Waals surface area contributed by atoms with Gasteiger partial charge in [0, 0.05) is 20.2 Å². The van der Waals surface area contributed by atoms with Gasteiger partial charge in [0.15, 0.2) is 0 Å². The van der Waals surface area contributed by atoms with Crippen LogP contribution in [-0.4, -0.2) is 0 Å². The SMILES string of the molecule is c1ccc(C2(c3ccccc3)c3cccc4sc5cc(-c6c7ccccc7c(-c7cc8ccc9cccc%10ccc(c7)c8c9%10)c7ccccc67)cc2c5c34)cc1. The highest BCUT2D eigenvalue weighted by molar-refractivity contribution is 7.26. The summed E-state index contributed by atoms with van der Waals surface area (Å²) in [4.78, 5) is 0. The van der Waals surface area contributed by atoms with Crippen LogP contribution < -0.4 is 0 Å². The molecule has 0 aliphatic heterocycles. The largest absolute Gasteiger partial charge is 0.135 e. The quantitative estimate of drug-likeness (QED) is 0.125. The normalized spacial score (nSPS) is 13.5. The first-order chi connectivity index (χ1) is 27.8. The van der Waals surface area contributed by atoms with Crippen molar-refractivity contribution in [3.63, 3.8) is 0 Å². The Kier molecular flexibility index (Phi) is 6.07. The maximum absolute atomic E-state index is 2.55. The molecule has 0 unspecified atom stereocenters. The van der Waals surface area contributed by atoms with Crippen molar-refractivity contribution in [3.05, 3.63) is 216 Å². The van der Waals surface area contributed by atoms with Gasteiger partial charge in [-0.3, -0.25) is 0 Å². The lowest BCUT2D eigenvalue weighted by atomic mass is 9.67. The monoisotopic (exact) mass is 724 g/mol. The van der Waals surface area contributed by atoms with Crippen LogP contribution >= 0.6 is 11.3 Å². The van der Waals surface area contributed by atoms with Crippen LogP contribution in [0.15, 0.2) is 194 Å². The molecule has 1 heteroatoms. The summed E-state index contributed by atoms with van der Waals surface area (Å²) in [5.74, 6) is 0. The first kappa shape index (κ1) is 30.5. The van der Waals surface area contributed by atoms with Gasteiger partial charge in [-0.2, -0.15) is 0 Å². The van der Waals surface area contributed by atoms with Crippen molar-refractivity contribution >= 4 is 85.4 Å². The second-order valence-electron chi connectivity index (χ2n) is 15.5. The molecule has 0 saturated heterocycles. The van der Waals surface area contributed by atoms with Gasteiger partial charge < -0.3 is 0 Å². The molecule has 258 valence electrons. The van der Waals surface area contributed by atoms with Crippen LogP contribution in [0.1, 0.15) is 22.3 Å². The molecule has 13 rings (SSSR count). The molecule has 0 saturated carbocycles. The van der Waals surface area contributed by atoms with Crippen molar-refractivity contribution in [2.45, 2.75) is 5.41 Å². The Morgan fingerprint density at radius 1 is 0.304 bits per heavy atom. The minimum atomic E-state index is -0.440. The lowest BCUT2D eigenvalue weighted by Gasteiger charge is -2.34. The van der Waals surface area contributed by atoms with Crippen molar-refractivity contribution in [1.82, 2.24) is 0 Å². The lowest BCUT2D eigenvalue weighted by molar-refractivity contribution is 0.771. The summed E-state index contributed by atoms with van der Waals surface area (Å²) in [5, 5.41) is 15.8. The molecule has 0 spiro atoms. The van der Waals surface area contributed by atoms with Crippen molar-refractivity contribution in [2.24, 2.45) is 0 Å². The van der Waals surface area contributed by atoms with E-state index in [-0.39, 0.29) is 0 Å². The lowest BCUT2D eigenvalue weighted by Crippen LogP contribution is -2.28. The molecule has 1 aromatic heterocycles. The average Bonchev–Trinajstić information content (AvgIpc) is 3.80. The number of fused-ring (bicyclic) bond motifs is 2. The number of benzene rings is 11. The fourth-order valence-electron chi connectivity index (χ4n) is 10.7. The zero-order valence-electron chi connectivity index (χ0n) is 30.4. The Hall–Kier alpha value is -6.80. The number of hydrogen-bond acceptors (Lipinski definition) is 1. The van der Waals surface area contributed by atoms with E-state index in [9.17, 15) is 0 Å². The van der Waals surface area contributed by atoms with Gasteiger partial charge in [0.05, 0.1) is 5.41 Å². The summed E-state index contributed by atoms with van der Waals surface area (Å²) in [6.45, 7) is 0. The van der Waals surface area contributed by atoms with Crippen LogP contribution in [0.3, 0.4) is 0 Å². The molecule has 0 N–H and O–H groups in total. The van der Waals surface area contributed by atoms with Gasteiger partial charge >= 0.3 is 0 Å². The van der Waals surface area contributed by atoms with Crippen molar-refractivity contribution in [3.8, 4) is 22.3 Å². The van der Waals surface area contributed by atoms with Gasteiger partial charge in [-0.1, -0.05) is 164 Å². The zero-order valence-corrected chi connectivity index (χ0v) is 31.2. The van der Waals surface area contributed by atoms with E-state index in [1.165, 1.54) is 119 Å². The van der Waals surface area contributed by atoms with Crippen molar-refractivity contribution in [2.75, 3.05) is 0 Å². The highest BCUT2D eigenvalue weighted by atomic mass is 32.1. The molecule has 0 radical (unpaired) electrons. The van der Waals surface area contributed by atoms with Crippen LogP contribution in [0.25, 0.3) is 96.3 Å². The summed E-state index contributed by atoms with van der Waals surface area (Å²) < 4.78 is 2.70. The van der Waals surface area contributed by atoms with Gasteiger partial charge in [-0.15, -0.1) is 11.3 Å². The van der Waals surface area contributed by atoms with Crippen LogP contribution in [-0.2, 0) is 5.41 Å². The summed E-state index contributed by atoms with van der Waals surface area (Å²) >= 11 is 1.93. The molecule has 0 atom stereocenters. The van der Waals surface area contributed by atoms with Gasteiger partial charge in [0.25, 0.3) is 0 Å². The Morgan fingerprint density at radius 3 is 1.34 bits per heavy atom. The molecule has 0 fully saturated rings. The predicted octanol–water partition coefficient (Wildman–Crippen LogP) is 15.3. The molecular formula is C55H32S. The number of rotatable bonds is 4. The molecule has 1 aliphatic rings. The third-order valence-electron chi connectivity index (χ3n) is 12.8. The summed E-state index contributed by atoms with van der Waals surface area (Å²) in [6, 6.07) is 73.3. The summed E-state index contributed by atoms with van der Waals surface area (Å²) in [7, 11) is 0. The average molecular weight is 725 g/mol. The van der Waals surface area contributed by atoms with E-state index in [0.717, 1.165) is 0 Å². The molecule has 1 heterocycles. The summed E-state index contributed by atoms with van der Waals surface area (Å²) in [5.41, 5.74) is 10.0. The molecule has 0 bridgehead atoms. The minimum Gasteiger partial charge on any atom is -0.135 e. The first-order valence-corrected chi connectivity index (χ1v) is 20.3. The second kappa shape index (κ2) is 11.1. The predicted molar refractivity (Wildman–Crippen MR) is 241 cm³/mol. The molecule has 56 heavy (non-hydrogen) atoms. The van der Waals surface area contributed by atoms with E-state index in [2.05, 4.69) is 194 Å². The second-order valence-corrected chi connectivity index (χ2v) is 16.6. The fraction of sp³-hybridized carbons (Fsp3) is 0.0182. The van der Waals surface area contributed by atoms with Crippen molar-refractivity contribution in [1.29, 1.82) is 0 Å². The van der Waals surface area contributed by atoms with E-state index in [1.54, 1.807) is 0 Å². The Balaban J connectivity index is 1.14. The Morgan fingerprint density at radius 2 is 0.768 bits per heavy atom. The van der Waals surface area contributed by atoms with E-state index in [1.807, 2.05) is 11.3 Å². The smallest absolute Gasteiger partial charge is 0.0714 e. The van der Waals surface area contributed by atoms with Gasteiger partial charge in [0.1, 0.15) is 0 Å². The molecule has 0 amide bonds. The Labute approximate surface area is 327 Å². The molecule has 1 aliphatic carbocycles. The van der Waals surface area contributed by atoms with E-state index in [0.29, 0.717) is 0 Å². The fourth-order valence-corrected chi connectivity index (χ4v) is 11.9. The molecule has 12 aromatic rings. The highest BCUT2D eigenvalue weighted by Gasteiger charge is 2.46. The van der Waals surface area contributed by atoms with Gasteiger partial charge in [0.2, 0.25) is 0 Å². The van der Waals surface area contributed by atoms with Crippen LogP contribution in [0, 0.1) is 0 Å². The minimum absolute atomic E-state index is 0.440. The maximum atomic E-state index is 2.55. The van der Waals surface area contributed by atoms with E-state index in [4.69, 9.17) is 0 Å². The third-order valence-corrected chi connectivity index (χ3v) is 13.9. The van der Waals surface area contributed by atoms with Gasteiger partial charge in [-0.05, 0) is 129 Å². The number of thiophene rings is 1. The van der Waals surface area contributed by atoms with E-state index < -0.39 is 5.41 Å². The molecule has 11 aromatic carbocycles. The molecule has 0 nitrogen and oxygen atoms in total. The third kappa shape index (κ3) is 3.88. The number of hydrogen-bond donors (Lipinski definition) is 0.